The van der Waals surface area contributed by atoms with E-state index in [2.05, 4.69) is 5.32 Å². The van der Waals surface area contributed by atoms with Crippen LogP contribution in [-0.4, -0.2) is 16.4 Å². The van der Waals surface area contributed by atoms with Crippen LogP contribution in [0.15, 0.2) is 10.9 Å². The zero-order chi connectivity index (χ0) is 14.0. The van der Waals surface area contributed by atoms with Gasteiger partial charge in [-0.25, -0.2) is 4.39 Å². The quantitative estimate of drug-likeness (QED) is 0.824. The highest BCUT2D eigenvalue weighted by atomic mass is 19.1. The maximum atomic E-state index is 13.2. The summed E-state index contributed by atoms with van der Waals surface area (Å²) >= 11 is 0. The number of imide groups is 1. The Kier molecular flexibility index (Phi) is 3.78. The number of hydrogen-bond acceptors (Lipinski definition) is 3. The number of carbonyl (C=O) groups excluding carboxylic acids is 2. The number of aromatic nitrogens is 1. The van der Waals surface area contributed by atoms with Crippen LogP contribution in [0.2, 0.25) is 0 Å². The largest absolute Gasteiger partial charge is 0.319 e. The number of alkyl halides is 1. The molecule has 2 amide bonds. The van der Waals surface area contributed by atoms with Gasteiger partial charge in [-0.1, -0.05) is 13.3 Å². The van der Waals surface area contributed by atoms with E-state index in [1.54, 1.807) is 0 Å². The van der Waals surface area contributed by atoms with Crippen molar-refractivity contribution in [1.29, 1.82) is 0 Å². The number of halogens is 1. The smallest absolute Gasteiger partial charge is 0.263 e. The highest BCUT2D eigenvalue weighted by Crippen LogP contribution is 2.16. The molecule has 1 aliphatic rings. The van der Waals surface area contributed by atoms with Crippen molar-refractivity contribution in [3.05, 3.63) is 33.2 Å². The summed E-state index contributed by atoms with van der Waals surface area (Å²) in [4.78, 5) is 34.9. The minimum atomic E-state index is -0.845. The molecule has 0 bridgehead atoms. The highest BCUT2D eigenvalue weighted by Gasteiger charge is 2.28. The van der Waals surface area contributed by atoms with E-state index in [1.165, 1.54) is 10.6 Å². The second kappa shape index (κ2) is 5.34. The molecule has 0 fully saturated rings. The monoisotopic (exact) mass is 266 g/mol. The lowest BCUT2D eigenvalue weighted by molar-refractivity contribution is -0.119. The number of nitrogens with zero attached hydrogens (tertiary/aromatic N) is 1. The molecule has 0 radical (unpaired) electrons. The van der Waals surface area contributed by atoms with Gasteiger partial charge in [-0.3, -0.25) is 19.7 Å². The predicted octanol–water partition coefficient (Wildman–Crippen LogP) is 0.930. The van der Waals surface area contributed by atoms with E-state index in [0.29, 0.717) is 12.1 Å². The third-order valence-corrected chi connectivity index (χ3v) is 3.22. The molecule has 5 nitrogen and oxygen atoms in total. The molecular weight excluding hydrogens is 251 g/mol. The van der Waals surface area contributed by atoms with Crippen molar-refractivity contribution < 1.29 is 14.0 Å². The number of rotatable bonds is 4. The van der Waals surface area contributed by atoms with Crippen molar-refractivity contribution in [3.63, 3.8) is 0 Å². The first-order valence-electron chi connectivity index (χ1n) is 6.24. The number of hydrogen-bond donors (Lipinski definition) is 1. The molecule has 0 unspecified atom stereocenters. The Morgan fingerprint density at radius 3 is 2.74 bits per heavy atom. The first-order valence-corrected chi connectivity index (χ1v) is 6.24. The first kappa shape index (κ1) is 13.5. The molecule has 6 heteroatoms. The van der Waals surface area contributed by atoms with E-state index in [9.17, 15) is 18.8 Å². The number of carbonyl (C=O) groups is 2. The molecule has 2 rings (SSSR count). The van der Waals surface area contributed by atoms with Crippen molar-refractivity contribution in [2.45, 2.75) is 39.4 Å². The van der Waals surface area contributed by atoms with Crippen molar-refractivity contribution in [2.75, 3.05) is 0 Å². The maximum Gasteiger partial charge on any atom is 0.263 e. The summed E-state index contributed by atoms with van der Waals surface area (Å²) in [6.07, 6.45) is 2.15. The standard InChI is InChI=1S/C13H15FN2O3/c1-2-3-4-8-5-10(17)12-9(16(8)7-14)6-11(18)15-13(12)19/h5H,2-4,6-7H2,1H3,(H,15,18,19). The molecule has 19 heavy (non-hydrogen) atoms. The van der Waals surface area contributed by atoms with Crippen LogP contribution < -0.4 is 10.7 Å². The molecular formula is C13H15FN2O3. The number of amides is 2. The maximum absolute atomic E-state index is 13.2. The van der Waals surface area contributed by atoms with Gasteiger partial charge in [0.2, 0.25) is 5.91 Å². The second-order valence-corrected chi connectivity index (χ2v) is 4.53. The van der Waals surface area contributed by atoms with E-state index >= 15 is 0 Å². The fourth-order valence-electron chi connectivity index (χ4n) is 2.28. The summed E-state index contributed by atoms with van der Waals surface area (Å²) in [7, 11) is 0. The highest BCUT2D eigenvalue weighted by molar-refractivity contribution is 6.09. The molecule has 0 atom stereocenters. The fraction of sp³-hybridized carbons (Fsp3) is 0.462. The Morgan fingerprint density at radius 2 is 2.11 bits per heavy atom. The van der Waals surface area contributed by atoms with Crippen LogP contribution in [0.25, 0.3) is 0 Å². The third-order valence-electron chi connectivity index (χ3n) is 3.22. The van der Waals surface area contributed by atoms with Gasteiger partial charge in [-0.15, -0.1) is 0 Å². The lowest BCUT2D eigenvalue weighted by Gasteiger charge is -2.21. The van der Waals surface area contributed by atoms with Gasteiger partial charge in [0.25, 0.3) is 5.91 Å². The Morgan fingerprint density at radius 1 is 1.37 bits per heavy atom. The van der Waals surface area contributed by atoms with Crippen molar-refractivity contribution in [1.82, 2.24) is 9.88 Å². The van der Waals surface area contributed by atoms with Crippen LogP contribution in [-0.2, 0) is 24.4 Å². The van der Waals surface area contributed by atoms with Gasteiger partial charge >= 0.3 is 0 Å². The van der Waals surface area contributed by atoms with Crippen LogP contribution >= 0.6 is 0 Å². The van der Waals surface area contributed by atoms with Gasteiger partial charge in [0.05, 0.1) is 6.42 Å². The van der Waals surface area contributed by atoms with E-state index in [0.717, 1.165) is 12.8 Å². The first-order chi connectivity index (χ1) is 9.08. The van der Waals surface area contributed by atoms with Gasteiger partial charge in [0.15, 0.2) is 12.2 Å². The lowest BCUT2D eigenvalue weighted by atomic mass is 10.0. The second-order valence-electron chi connectivity index (χ2n) is 4.53. The van der Waals surface area contributed by atoms with Crippen LogP contribution in [0.1, 0.15) is 41.5 Å². The third kappa shape index (κ3) is 2.43. The van der Waals surface area contributed by atoms with Gasteiger partial charge in [-0.2, -0.15) is 0 Å². The van der Waals surface area contributed by atoms with Gasteiger partial charge in [0.1, 0.15) is 5.56 Å². The van der Waals surface area contributed by atoms with E-state index in [4.69, 9.17) is 0 Å². The van der Waals surface area contributed by atoms with Crippen molar-refractivity contribution in [2.24, 2.45) is 0 Å². The van der Waals surface area contributed by atoms with Crippen molar-refractivity contribution >= 4 is 11.8 Å². The van der Waals surface area contributed by atoms with Gasteiger partial charge in [0, 0.05) is 17.5 Å². The van der Waals surface area contributed by atoms with Crippen LogP contribution in [0.5, 0.6) is 0 Å². The zero-order valence-electron chi connectivity index (χ0n) is 10.7. The number of nitrogens with one attached hydrogen (secondary N) is 1. The predicted molar refractivity (Wildman–Crippen MR) is 66.6 cm³/mol. The van der Waals surface area contributed by atoms with Crippen LogP contribution in [0, 0.1) is 0 Å². The Bertz CT molecular complexity index is 592. The molecule has 1 N–H and O–H groups in total. The zero-order valence-corrected chi connectivity index (χ0v) is 10.7. The molecule has 1 aliphatic heterocycles. The summed E-state index contributed by atoms with van der Waals surface area (Å²) in [6, 6.07) is 1.30. The average molecular weight is 266 g/mol. The number of aryl methyl sites for hydroxylation is 1. The number of unbranched alkanes of at least 4 members (excludes halogenated alkanes) is 1. The Labute approximate surface area is 109 Å². The molecule has 102 valence electrons. The number of fused-ring (bicyclic) bond motifs is 1. The minimum absolute atomic E-state index is 0.113. The SMILES string of the molecule is CCCCc1cc(=O)c2c(n1CF)CC(=O)NC2=O. The molecule has 0 saturated heterocycles. The van der Waals surface area contributed by atoms with E-state index < -0.39 is 24.0 Å². The molecule has 0 spiro atoms. The van der Waals surface area contributed by atoms with Gasteiger partial charge < -0.3 is 4.57 Å². The normalized spacial score (nSPS) is 14.2. The van der Waals surface area contributed by atoms with E-state index in [1.807, 2.05) is 6.92 Å². The molecule has 0 aliphatic carbocycles. The van der Waals surface area contributed by atoms with Gasteiger partial charge in [-0.05, 0) is 12.8 Å². The van der Waals surface area contributed by atoms with Crippen LogP contribution in [0.3, 0.4) is 0 Å². The molecule has 0 aromatic carbocycles. The molecule has 1 aromatic rings. The van der Waals surface area contributed by atoms with Crippen LogP contribution in [0.4, 0.5) is 4.39 Å². The summed E-state index contributed by atoms with van der Waals surface area (Å²) in [6.45, 7) is 1.15. The number of pyridine rings is 1. The summed E-state index contributed by atoms with van der Waals surface area (Å²) in [5, 5.41) is 2.08. The topological polar surface area (TPSA) is 68.2 Å². The lowest BCUT2D eigenvalue weighted by Crippen LogP contribution is -2.43. The Balaban J connectivity index is 2.60. The molecule has 1 aromatic heterocycles. The Hall–Kier alpha value is -1.98. The molecule has 0 saturated carbocycles. The average Bonchev–Trinajstić information content (AvgIpc) is 2.35. The summed E-state index contributed by atoms with van der Waals surface area (Å²) in [5.74, 6) is -1.24. The van der Waals surface area contributed by atoms with Crippen molar-refractivity contribution in [3.8, 4) is 0 Å². The molecule has 2 heterocycles. The van der Waals surface area contributed by atoms with E-state index in [-0.39, 0.29) is 17.7 Å². The minimum Gasteiger partial charge on any atom is -0.319 e. The summed E-state index contributed by atoms with van der Waals surface area (Å²) < 4.78 is 14.5. The fourth-order valence-corrected chi connectivity index (χ4v) is 2.28. The summed E-state index contributed by atoms with van der Waals surface area (Å²) in [5.41, 5.74) is 0.166.